The molecule has 0 atom stereocenters. The molecule has 2 N–H and O–H groups in total. The lowest BCUT2D eigenvalue weighted by atomic mass is 9.76. The van der Waals surface area contributed by atoms with Gasteiger partial charge in [-0.2, -0.15) is 0 Å². The molecule has 1 aromatic carbocycles. The number of hydrogen-bond donors (Lipinski definition) is 2. The molecule has 0 aliphatic heterocycles. The van der Waals surface area contributed by atoms with Gasteiger partial charge in [0, 0.05) is 41.8 Å². The summed E-state index contributed by atoms with van der Waals surface area (Å²) >= 11 is 0. The van der Waals surface area contributed by atoms with E-state index in [1.807, 2.05) is 50.2 Å². The van der Waals surface area contributed by atoms with Crippen molar-refractivity contribution in [1.29, 1.82) is 0 Å². The Morgan fingerprint density at radius 3 is 2.62 bits per heavy atom. The first kappa shape index (κ1) is 19.2. The Hall–Kier alpha value is -3.08. The monoisotopic (exact) mass is 389 g/mol. The summed E-state index contributed by atoms with van der Waals surface area (Å²) in [6.45, 7) is 8.29. The molecule has 4 rings (SSSR count). The minimum absolute atomic E-state index is 0.0489. The van der Waals surface area contributed by atoms with Crippen molar-refractivity contribution in [2.45, 2.75) is 46.6 Å². The van der Waals surface area contributed by atoms with E-state index in [1.54, 1.807) is 12.4 Å². The highest BCUT2D eigenvalue weighted by Crippen LogP contribution is 2.43. The maximum absolute atomic E-state index is 13.1. The van der Waals surface area contributed by atoms with E-state index in [9.17, 15) is 4.79 Å². The van der Waals surface area contributed by atoms with Crippen LogP contribution in [0.2, 0.25) is 0 Å². The first-order chi connectivity index (χ1) is 13.8. The van der Waals surface area contributed by atoms with Gasteiger partial charge >= 0.3 is 0 Å². The summed E-state index contributed by atoms with van der Waals surface area (Å²) in [7, 11) is 0. The van der Waals surface area contributed by atoms with Crippen molar-refractivity contribution in [3.63, 3.8) is 0 Å². The molecule has 1 aliphatic rings. The third kappa shape index (κ3) is 4.04. The van der Waals surface area contributed by atoms with Crippen LogP contribution in [-0.2, 0) is 6.42 Å². The zero-order chi connectivity index (χ0) is 20.6. The number of nitrogens with zero attached hydrogens (tertiary/aromatic N) is 1. The maximum Gasteiger partial charge on any atom is 0.167 e. The molecule has 150 valence electrons. The number of nitrogens with one attached hydrogen (secondary N) is 2. The van der Waals surface area contributed by atoms with Gasteiger partial charge < -0.3 is 15.0 Å². The Morgan fingerprint density at radius 2 is 1.90 bits per heavy atom. The Labute approximate surface area is 171 Å². The maximum atomic E-state index is 13.1. The van der Waals surface area contributed by atoms with Crippen molar-refractivity contribution in [3.8, 4) is 17.0 Å². The second-order valence-corrected chi connectivity index (χ2v) is 8.72. The van der Waals surface area contributed by atoms with Gasteiger partial charge in [-0.1, -0.05) is 19.9 Å². The molecule has 5 heteroatoms. The molecule has 5 nitrogen and oxygen atoms in total. The number of benzene rings is 1. The fourth-order valence-electron chi connectivity index (χ4n) is 3.98. The smallest absolute Gasteiger partial charge is 0.167 e. The number of anilines is 2. The van der Waals surface area contributed by atoms with Crippen LogP contribution in [0.1, 0.15) is 50.2 Å². The highest BCUT2D eigenvalue weighted by Gasteiger charge is 2.35. The van der Waals surface area contributed by atoms with Crippen LogP contribution in [0.3, 0.4) is 0 Å². The molecule has 3 aromatic rings. The Balaban J connectivity index is 1.80. The molecule has 0 amide bonds. The Bertz CT molecular complexity index is 1040. The number of carbonyl (C=O) groups excluding carboxylic acids is 1. The van der Waals surface area contributed by atoms with Crippen molar-refractivity contribution < 1.29 is 9.53 Å². The average molecular weight is 389 g/mol. The van der Waals surface area contributed by atoms with Crippen LogP contribution in [0.25, 0.3) is 11.3 Å². The number of carbonyl (C=O) groups is 1. The SMILES string of the molecule is CC(C)Oc1cccc(Nc2c(-c3ccncc3)[nH]c3c2C(=O)CC(C)(C)C3)c1. The lowest BCUT2D eigenvalue weighted by molar-refractivity contribution is 0.0912. The molecule has 0 saturated heterocycles. The first-order valence-corrected chi connectivity index (χ1v) is 10.0. The summed E-state index contributed by atoms with van der Waals surface area (Å²) in [5, 5.41) is 3.50. The van der Waals surface area contributed by atoms with Gasteiger partial charge in [-0.3, -0.25) is 9.78 Å². The predicted octanol–water partition coefficient (Wildman–Crippen LogP) is 5.76. The van der Waals surface area contributed by atoms with Crippen LogP contribution in [-0.4, -0.2) is 21.9 Å². The largest absolute Gasteiger partial charge is 0.491 e. The molecule has 2 aromatic heterocycles. The minimum atomic E-state index is -0.0489. The lowest BCUT2D eigenvalue weighted by Gasteiger charge is -2.28. The molecular weight excluding hydrogens is 362 g/mol. The van der Waals surface area contributed by atoms with Gasteiger partial charge in [0.15, 0.2) is 5.78 Å². The van der Waals surface area contributed by atoms with Crippen LogP contribution in [0.4, 0.5) is 11.4 Å². The van der Waals surface area contributed by atoms with E-state index in [2.05, 4.69) is 29.1 Å². The van der Waals surface area contributed by atoms with E-state index in [-0.39, 0.29) is 17.3 Å². The van der Waals surface area contributed by atoms with E-state index in [4.69, 9.17) is 4.74 Å². The number of Topliss-reactive ketones (excluding diaryl/α,β-unsaturated/α-hetero) is 1. The molecule has 0 unspecified atom stereocenters. The summed E-state index contributed by atoms with van der Waals surface area (Å²) in [5.41, 5.74) is 5.34. The van der Waals surface area contributed by atoms with Gasteiger partial charge in [0.05, 0.1) is 23.0 Å². The normalized spacial score (nSPS) is 15.3. The summed E-state index contributed by atoms with van der Waals surface area (Å²) in [6, 6.07) is 11.8. The van der Waals surface area contributed by atoms with Crippen LogP contribution < -0.4 is 10.1 Å². The zero-order valence-corrected chi connectivity index (χ0v) is 17.4. The molecule has 2 heterocycles. The van der Waals surface area contributed by atoms with Crippen LogP contribution >= 0.6 is 0 Å². The highest BCUT2D eigenvalue weighted by molar-refractivity contribution is 6.07. The molecule has 0 fully saturated rings. The average Bonchev–Trinajstić information content (AvgIpc) is 2.99. The number of aromatic nitrogens is 2. The molecule has 1 aliphatic carbocycles. The summed E-state index contributed by atoms with van der Waals surface area (Å²) in [4.78, 5) is 20.7. The predicted molar refractivity (Wildman–Crippen MR) is 116 cm³/mol. The van der Waals surface area contributed by atoms with Crippen molar-refractivity contribution in [2.24, 2.45) is 5.41 Å². The molecule has 29 heavy (non-hydrogen) atoms. The van der Waals surface area contributed by atoms with Crippen LogP contribution in [0, 0.1) is 5.41 Å². The van der Waals surface area contributed by atoms with E-state index in [0.717, 1.165) is 46.1 Å². The van der Waals surface area contributed by atoms with Gasteiger partial charge in [-0.05, 0) is 49.9 Å². The van der Waals surface area contributed by atoms with E-state index < -0.39 is 0 Å². The second-order valence-electron chi connectivity index (χ2n) is 8.72. The van der Waals surface area contributed by atoms with Gasteiger partial charge in [-0.15, -0.1) is 0 Å². The van der Waals surface area contributed by atoms with Crippen LogP contribution in [0.5, 0.6) is 5.75 Å². The summed E-state index contributed by atoms with van der Waals surface area (Å²) < 4.78 is 5.83. The molecule has 0 spiro atoms. The van der Waals surface area contributed by atoms with Gasteiger partial charge in [0.1, 0.15) is 5.75 Å². The van der Waals surface area contributed by atoms with Crippen LogP contribution in [0.15, 0.2) is 48.8 Å². The number of ketones is 1. The molecule has 0 radical (unpaired) electrons. The Morgan fingerprint density at radius 1 is 1.14 bits per heavy atom. The Kier molecular flexibility index (Phi) is 4.91. The standard InChI is InChI=1S/C24H27N3O2/c1-15(2)29-18-7-5-6-17(12-18)26-23-21-19(13-24(3,4)14-20(21)28)27-22(23)16-8-10-25-11-9-16/h5-12,15,26-27H,13-14H2,1-4H3. The number of ether oxygens (including phenoxy) is 1. The van der Waals surface area contributed by atoms with E-state index in [1.165, 1.54) is 0 Å². The molecule has 0 bridgehead atoms. The zero-order valence-electron chi connectivity index (χ0n) is 17.4. The number of rotatable bonds is 5. The van der Waals surface area contributed by atoms with Gasteiger partial charge in [0.2, 0.25) is 0 Å². The fourth-order valence-corrected chi connectivity index (χ4v) is 3.98. The molecule has 0 saturated carbocycles. The van der Waals surface area contributed by atoms with Crippen molar-refractivity contribution in [1.82, 2.24) is 9.97 Å². The van der Waals surface area contributed by atoms with Crippen molar-refractivity contribution in [3.05, 3.63) is 60.0 Å². The van der Waals surface area contributed by atoms with E-state index >= 15 is 0 Å². The number of fused-ring (bicyclic) bond motifs is 1. The third-order valence-electron chi connectivity index (χ3n) is 5.10. The van der Waals surface area contributed by atoms with Gasteiger partial charge in [0.25, 0.3) is 0 Å². The highest BCUT2D eigenvalue weighted by atomic mass is 16.5. The first-order valence-electron chi connectivity index (χ1n) is 10.0. The van der Waals surface area contributed by atoms with Crippen molar-refractivity contribution >= 4 is 17.2 Å². The summed E-state index contributed by atoms with van der Waals surface area (Å²) in [5.74, 6) is 0.970. The fraction of sp³-hybridized carbons (Fsp3) is 0.333. The second kappa shape index (κ2) is 7.39. The number of H-pyrrole nitrogens is 1. The van der Waals surface area contributed by atoms with Gasteiger partial charge in [-0.25, -0.2) is 0 Å². The van der Waals surface area contributed by atoms with Crippen molar-refractivity contribution in [2.75, 3.05) is 5.32 Å². The topological polar surface area (TPSA) is 67.0 Å². The number of aromatic amines is 1. The quantitative estimate of drug-likeness (QED) is 0.582. The third-order valence-corrected chi connectivity index (χ3v) is 5.10. The van der Waals surface area contributed by atoms with E-state index in [0.29, 0.717) is 6.42 Å². The minimum Gasteiger partial charge on any atom is -0.491 e. The lowest BCUT2D eigenvalue weighted by Crippen LogP contribution is -2.26. The number of pyridine rings is 1. The molecular formula is C24H27N3O2. The number of hydrogen-bond acceptors (Lipinski definition) is 4. The summed E-state index contributed by atoms with van der Waals surface area (Å²) in [6.07, 6.45) is 5.01.